The molecule has 0 spiro atoms. The molecule has 0 saturated heterocycles. The summed E-state index contributed by atoms with van der Waals surface area (Å²) in [5.41, 5.74) is 5.44. The zero-order valence-corrected chi connectivity index (χ0v) is 11.4. The second-order valence-electron chi connectivity index (χ2n) is 4.43. The number of nitrogens with zero attached hydrogens (tertiary/aromatic N) is 4. The number of hydrogen-bond donors (Lipinski definition) is 1. The number of nitrogens with two attached hydrogens (primary N) is 1. The zero-order chi connectivity index (χ0) is 14.9. The zero-order valence-electron chi connectivity index (χ0n) is 11.4. The lowest BCUT2D eigenvalue weighted by Crippen LogP contribution is -2.26. The van der Waals surface area contributed by atoms with Gasteiger partial charge in [0.15, 0.2) is 5.69 Å². The van der Waals surface area contributed by atoms with Gasteiger partial charge in [0.25, 0.3) is 5.56 Å². The molecule has 8 heteroatoms. The van der Waals surface area contributed by atoms with Crippen LogP contribution in [0.25, 0.3) is 5.82 Å². The number of aromatic nitrogens is 4. The Balaban J connectivity index is 2.56. The molecule has 0 aliphatic rings. The van der Waals surface area contributed by atoms with Gasteiger partial charge in [-0.25, -0.2) is 14.5 Å². The molecular formula is C12H15N5O3. The quantitative estimate of drug-likeness (QED) is 0.813. The van der Waals surface area contributed by atoms with Crippen molar-refractivity contribution in [3.8, 4) is 5.82 Å². The number of nitrogen functional groups attached to an aromatic ring is 1. The monoisotopic (exact) mass is 277 g/mol. The van der Waals surface area contributed by atoms with Gasteiger partial charge >= 0.3 is 5.97 Å². The van der Waals surface area contributed by atoms with Crippen molar-refractivity contribution in [2.75, 3.05) is 12.8 Å². The van der Waals surface area contributed by atoms with Crippen LogP contribution in [-0.2, 0) is 4.74 Å². The van der Waals surface area contributed by atoms with E-state index in [1.165, 1.54) is 28.8 Å². The summed E-state index contributed by atoms with van der Waals surface area (Å²) in [7, 11) is 1.23. The smallest absolute Gasteiger partial charge is 0.360 e. The molecule has 0 unspecified atom stereocenters. The van der Waals surface area contributed by atoms with Gasteiger partial charge in [0.05, 0.1) is 19.0 Å². The SMILES string of the molecule is COC(=O)c1nn(-c2nccn(C(C)C)c2=O)cc1N. The first-order chi connectivity index (χ1) is 9.45. The van der Waals surface area contributed by atoms with E-state index < -0.39 is 5.97 Å². The maximum atomic E-state index is 12.3. The second-order valence-corrected chi connectivity index (χ2v) is 4.43. The van der Waals surface area contributed by atoms with Crippen LogP contribution in [0.15, 0.2) is 23.4 Å². The summed E-state index contributed by atoms with van der Waals surface area (Å²) in [6, 6.07) is -0.0164. The van der Waals surface area contributed by atoms with Gasteiger partial charge in [-0.3, -0.25) is 4.79 Å². The number of esters is 1. The summed E-state index contributed by atoms with van der Waals surface area (Å²) < 4.78 is 7.26. The first-order valence-corrected chi connectivity index (χ1v) is 5.96. The summed E-state index contributed by atoms with van der Waals surface area (Å²) in [5.74, 6) is -0.593. The number of ether oxygens (including phenoxy) is 1. The second kappa shape index (κ2) is 5.16. The minimum atomic E-state index is -0.665. The lowest BCUT2D eigenvalue weighted by Gasteiger charge is -2.10. The van der Waals surface area contributed by atoms with Crippen molar-refractivity contribution < 1.29 is 9.53 Å². The Morgan fingerprint density at radius 2 is 2.15 bits per heavy atom. The predicted molar refractivity (Wildman–Crippen MR) is 71.8 cm³/mol. The number of methoxy groups -OCH3 is 1. The molecule has 2 aromatic heterocycles. The van der Waals surface area contributed by atoms with Crippen LogP contribution in [-0.4, -0.2) is 32.4 Å². The van der Waals surface area contributed by atoms with Crippen LogP contribution in [0.3, 0.4) is 0 Å². The Hall–Kier alpha value is -2.64. The normalized spacial score (nSPS) is 10.8. The molecule has 0 aromatic carbocycles. The van der Waals surface area contributed by atoms with E-state index in [-0.39, 0.29) is 28.8 Å². The molecule has 0 aliphatic heterocycles. The molecule has 2 heterocycles. The third-order valence-corrected chi connectivity index (χ3v) is 2.74. The number of carbonyl (C=O) groups is 1. The van der Waals surface area contributed by atoms with Gasteiger partial charge in [-0.2, -0.15) is 5.10 Å². The lowest BCUT2D eigenvalue weighted by atomic mass is 10.4. The Labute approximate surface area is 114 Å². The summed E-state index contributed by atoms with van der Waals surface area (Å²) in [6.07, 6.45) is 4.44. The first-order valence-electron chi connectivity index (χ1n) is 5.96. The van der Waals surface area contributed by atoms with Crippen molar-refractivity contribution in [2.45, 2.75) is 19.9 Å². The van der Waals surface area contributed by atoms with Crippen molar-refractivity contribution in [3.63, 3.8) is 0 Å². The molecule has 0 radical (unpaired) electrons. The molecule has 2 rings (SSSR count). The van der Waals surface area contributed by atoms with E-state index in [4.69, 9.17) is 5.73 Å². The van der Waals surface area contributed by atoms with Crippen LogP contribution in [0.5, 0.6) is 0 Å². The highest BCUT2D eigenvalue weighted by molar-refractivity contribution is 5.92. The Morgan fingerprint density at radius 3 is 2.75 bits per heavy atom. The third-order valence-electron chi connectivity index (χ3n) is 2.74. The molecule has 20 heavy (non-hydrogen) atoms. The fourth-order valence-corrected chi connectivity index (χ4v) is 1.73. The van der Waals surface area contributed by atoms with Gasteiger partial charge < -0.3 is 15.0 Å². The van der Waals surface area contributed by atoms with Crippen LogP contribution in [0.2, 0.25) is 0 Å². The van der Waals surface area contributed by atoms with Crippen LogP contribution >= 0.6 is 0 Å². The number of carbonyl (C=O) groups excluding carboxylic acids is 1. The molecule has 0 amide bonds. The molecule has 2 N–H and O–H groups in total. The van der Waals surface area contributed by atoms with Gasteiger partial charge in [0.1, 0.15) is 0 Å². The Kier molecular flexibility index (Phi) is 3.55. The average Bonchev–Trinajstić information content (AvgIpc) is 2.79. The highest BCUT2D eigenvalue weighted by Gasteiger charge is 2.18. The van der Waals surface area contributed by atoms with Crippen LogP contribution < -0.4 is 11.3 Å². The maximum absolute atomic E-state index is 12.3. The van der Waals surface area contributed by atoms with E-state index in [0.29, 0.717) is 0 Å². The van der Waals surface area contributed by atoms with E-state index in [2.05, 4.69) is 14.8 Å². The number of hydrogen-bond acceptors (Lipinski definition) is 6. The Morgan fingerprint density at radius 1 is 1.45 bits per heavy atom. The van der Waals surface area contributed by atoms with E-state index in [0.717, 1.165) is 0 Å². The molecule has 0 fully saturated rings. The highest BCUT2D eigenvalue weighted by Crippen LogP contribution is 2.12. The fraction of sp³-hybridized carbons (Fsp3) is 0.333. The maximum Gasteiger partial charge on any atom is 0.360 e. The molecule has 2 aromatic rings. The summed E-state index contributed by atoms with van der Waals surface area (Å²) in [6.45, 7) is 3.75. The molecule has 106 valence electrons. The van der Waals surface area contributed by atoms with E-state index >= 15 is 0 Å². The molecule has 0 atom stereocenters. The van der Waals surface area contributed by atoms with Crippen molar-refractivity contribution in [1.29, 1.82) is 0 Å². The standard InChI is InChI=1S/C12H15N5O3/c1-7(2)16-5-4-14-10(11(16)18)17-6-8(13)9(15-17)12(19)20-3/h4-7H,13H2,1-3H3. The number of anilines is 1. The van der Waals surface area contributed by atoms with Gasteiger partial charge in [0, 0.05) is 18.4 Å². The first kappa shape index (κ1) is 13.8. The lowest BCUT2D eigenvalue weighted by molar-refractivity contribution is 0.0594. The fourth-order valence-electron chi connectivity index (χ4n) is 1.73. The van der Waals surface area contributed by atoms with Gasteiger partial charge in [0.2, 0.25) is 5.82 Å². The van der Waals surface area contributed by atoms with Gasteiger partial charge in [-0.1, -0.05) is 0 Å². The van der Waals surface area contributed by atoms with E-state index in [1.807, 2.05) is 13.8 Å². The molecule has 0 bridgehead atoms. The highest BCUT2D eigenvalue weighted by atomic mass is 16.5. The van der Waals surface area contributed by atoms with Gasteiger partial charge in [-0.05, 0) is 13.8 Å². The van der Waals surface area contributed by atoms with Crippen LogP contribution in [0, 0.1) is 0 Å². The predicted octanol–water partition coefficient (Wildman–Crippen LogP) is 0.379. The van der Waals surface area contributed by atoms with E-state index in [1.54, 1.807) is 6.20 Å². The van der Waals surface area contributed by atoms with Crippen molar-refractivity contribution in [2.24, 2.45) is 0 Å². The van der Waals surface area contributed by atoms with Crippen molar-refractivity contribution in [1.82, 2.24) is 19.3 Å². The summed E-state index contributed by atoms with van der Waals surface area (Å²) in [4.78, 5) is 27.7. The Bertz CT molecular complexity index is 701. The van der Waals surface area contributed by atoms with Crippen molar-refractivity contribution in [3.05, 3.63) is 34.6 Å². The van der Waals surface area contributed by atoms with Crippen molar-refractivity contribution >= 4 is 11.7 Å². The van der Waals surface area contributed by atoms with E-state index in [9.17, 15) is 9.59 Å². The largest absolute Gasteiger partial charge is 0.464 e. The topological polar surface area (TPSA) is 105 Å². The summed E-state index contributed by atoms with van der Waals surface area (Å²) >= 11 is 0. The average molecular weight is 277 g/mol. The summed E-state index contributed by atoms with van der Waals surface area (Å²) in [5, 5.41) is 3.95. The molecular weight excluding hydrogens is 262 g/mol. The van der Waals surface area contributed by atoms with Crippen LogP contribution in [0.1, 0.15) is 30.4 Å². The molecule has 0 saturated carbocycles. The van der Waals surface area contributed by atoms with Crippen LogP contribution in [0.4, 0.5) is 5.69 Å². The molecule has 8 nitrogen and oxygen atoms in total. The number of rotatable bonds is 3. The molecule has 0 aliphatic carbocycles. The van der Waals surface area contributed by atoms with Gasteiger partial charge in [-0.15, -0.1) is 0 Å². The minimum Gasteiger partial charge on any atom is -0.464 e. The minimum absolute atomic E-state index is 0.0164. The third kappa shape index (κ3) is 2.27.